The van der Waals surface area contributed by atoms with Crippen molar-refractivity contribution in [2.24, 2.45) is 5.92 Å². The molecule has 0 unspecified atom stereocenters. The summed E-state index contributed by atoms with van der Waals surface area (Å²) >= 11 is 0. The van der Waals surface area contributed by atoms with E-state index in [0.29, 0.717) is 40.5 Å². The maximum atomic E-state index is 12.9. The van der Waals surface area contributed by atoms with Gasteiger partial charge in [0.15, 0.2) is 0 Å². The first-order valence-corrected chi connectivity index (χ1v) is 12.2. The number of para-hydroxylation sites is 2. The zero-order valence-corrected chi connectivity index (χ0v) is 21.2. The lowest BCUT2D eigenvalue weighted by molar-refractivity contribution is -0.161. The van der Waals surface area contributed by atoms with Gasteiger partial charge in [-0.25, -0.2) is 14.8 Å². The highest BCUT2D eigenvalue weighted by Gasteiger charge is 2.35. The Morgan fingerprint density at radius 1 is 0.946 bits per heavy atom. The SMILES string of the molecule is CCCCCC[C@@H](C(=O)OC)[C@H](OC(=O)CNC=O)c1cccc2nc3c(C(=O)OC)cccc3nc12. The second kappa shape index (κ2) is 13.3. The van der Waals surface area contributed by atoms with Crippen LogP contribution in [0.25, 0.3) is 22.1 Å². The topological polar surface area (TPSA) is 134 Å². The maximum Gasteiger partial charge on any atom is 0.340 e. The molecule has 1 heterocycles. The Kier molecular flexibility index (Phi) is 9.88. The average molecular weight is 510 g/mol. The van der Waals surface area contributed by atoms with Crippen LogP contribution in [0.2, 0.25) is 0 Å². The standard InChI is InChI=1S/C27H31N3O7/c1-4-5-6-7-10-19(27(34)36-3)25(37-22(32)15-28-16-31)17-11-8-13-20-23(17)29-21-14-9-12-18(24(21)30-20)26(33)35-2/h8-9,11-14,16,19,25H,4-7,10,15H2,1-3H3,(H,28,31)/t19-,25-/m1/s1. The molecular weight excluding hydrogens is 478 g/mol. The number of methoxy groups -OCH3 is 2. The molecule has 2 atom stereocenters. The Morgan fingerprint density at radius 2 is 1.65 bits per heavy atom. The summed E-state index contributed by atoms with van der Waals surface area (Å²) in [6, 6.07) is 10.1. The number of benzene rings is 2. The number of unbranched alkanes of at least 4 members (excludes halogenated alkanes) is 3. The number of esters is 3. The highest BCUT2D eigenvalue weighted by molar-refractivity contribution is 6.03. The lowest BCUT2D eigenvalue weighted by Gasteiger charge is -2.26. The summed E-state index contributed by atoms with van der Waals surface area (Å²) in [5.74, 6) is -2.57. The molecule has 0 radical (unpaired) electrons. The summed E-state index contributed by atoms with van der Waals surface area (Å²) in [5, 5.41) is 2.29. The van der Waals surface area contributed by atoms with Gasteiger partial charge in [0.05, 0.1) is 42.3 Å². The molecule has 0 spiro atoms. The Bertz CT molecular complexity index is 1280. The van der Waals surface area contributed by atoms with E-state index in [1.54, 1.807) is 36.4 Å². The fourth-order valence-corrected chi connectivity index (χ4v) is 4.25. The number of carbonyl (C=O) groups excluding carboxylic acids is 4. The molecular formula is C27H31N3O7. The zero-order valence-electron chi connectivity index (χ0n) is 21.2. The lowest BCUT2D eigenvalue weighted by atomic mass is 9.89. The van der Waals surface area contributed by atoms with Gasteiger partial charge in [0, 0.05) is 5.56 Å². The molecule has 0 aliphatic carbocycles. The van der Waals surface area contributed by atoms with Crippen molar-refractivity contribution in [3.63, 3.8) is 0 Å². The van der Waals surface area contributed by atoms with Gasteiger partial charge in [-0.2, -0.15) is 0 Å². The first-order chi connectivity index (χ1) is 17.9. The molecule has 2 aromatic carbocycles. The maximum absolute atomic E-state index is 12.9. The molecule has 37 heavy (non-hydrogen) atoms. The molecule has 0 saturated carbocycles. The minimum Gasteiger partial charge on any atom is -0.469 e. The Morgan fingerprint density at radius 3 is 2.32 bits per heavy atom. The molecule has 3 aromatic rings. The summed E-state index contributed by atoms with van der Waals surface area (Å²) in [6.07, 6.45) is 3.47. The van der Waals surface area contributed by atoms with Gasteiger partial charge >= 0.3 is 17.9 Å². The fraction of sp³-hybridized carbons (Fsp3) is 0.407. The lowest BCUT2D eigenvalue weighted by Crippen LogP contribution is -2.31. The van der Waals surface area contributed by atoms with Crippen LogP contribution in [0.4, 0.5) is 0 Å². The summed E-state index contributed by atoms with van der Waals surface area (Å²) in [4.78, 5) is 57.9. The molecule has 1 amide bonds. The number of hydrogen-bond donors (Lipinski definition) is 1. The molecule has 0 aliphatic heterocycles. The monoisotopic (exact) mass is 509 g/mol. The van der Waals surface area contributed by atoms with Gasteiger partial charge in [0.2, 0.25) is 6.41 Å². The minimum absolute atomic E-state index is 0.270. The third-order valence-corrected chi connectivity index (χ3v) is 6.06. The molecule has 1 aromatic heterocycles. The van der Waals surface area contributed by atoms with E-state index in [-0.39, 0.29) is 12.1 Å². The van der Waals surface area contributed by atoms with Gasteiger partial charge in [0.25, 0.3) is 0 Å². The quantitative estimate of drug-likeness (QED) is 0.120. The summed E-state index contributed by atoms with van der Waals surface area (Å²) in [7, 11) is 2.58. The van der Waals surface area contributed by atoms with E-state index >= 15 is 0 Å². The summed E-state index contributed by atoms with van der Waals surface area (Å²) < 4.78 is 15.7. The molecule has 10 heteroatoms. The van der Waals surface area contributed by atoms with Crippen LogP contribution < -0.4 is 5.32 Å². The number of amides is 1. The van der Waals surface area contributed by atoms with Gasteiger partial charge in [-0.3, -0.25) is 14.4 Å². The van der Waals surface area contributed by atoms with Gasteiger partial charge in [0.1, 0.15) is 18.2 Å². The predicted octanol–water partition coefficient (Wildman–Crippen LogP) is 3.66. The summed E-state index contributed by atoms with van der Waals surface area (Å²) in [6.45, 7) is 1.73. The van der Waals surface area contributed by atoms with Crippen LogP contribution in [-0.4, -0.2) is 55.1 Å². The van der Waals surface area contributed by atoms with E-state index in [0.717, 1.165) is 25.7 Å². The van der Waals surface area contributed by atoms with Gasteiger partial charge in [-0.05, 0) is 24.6 Å². The number of nitrogens with zero attached hydrogens (tertiary/aromatic N) is 2. The molecule has 0 bridgehead atoms. The normalized spacial score (nSPS) is 12.5. The van der Waals surface area contributed by atoms with Gasteiger partial charge in [-0.15, -0.1) is 0 Å². The van der Waals surface area contributed by atoms with Gasteiger partial charge < -0.3 is 19.5 Å². The molecule has 10 nitrogen and oxygen atoms in total. The Labute approximate surface area is 214 Å². The van der Waals surface area contributed by atoms with Crippen molar-refractivity contribution >= 4 is 46.4 Å². The third kappa shape index (κ3) is 6.58. The van der Waals surface area contributed by atoms with E-state index in [1.807, 2.05) is 0 Å². The first-order valence-electron chi connectivity index (χ1n) is 12.2. The molecule has 0 fully saturated rings. The number of rotatable bonds is 13. The van der Waals surface area contributed by atoms with E-state index in [1.165, 1.54) is 14.2 Å². The molecule has 3 rings (SSSR count). The van der Waals surface area contributed by atoms with Crippen LogP contribution in [0.5, 0.6) is 0 Å². The van der Waals surface area contributed by atoms with Gasteiger partial charge in [-0.1, -0.05) is 50.8 Å². The highest BCUT2D eigenvalue weighted by atomic mass is 16.6. The number of hydrogen-bond acceptors (Lipinski definition) is 9. The van der Waals surface area contributed by atoms with Crippen LogP contribution in [-0.2, 0) is 28.6 Å². The Hall–Kier alpha value is -4.08. The van der Waals surface area contributed by atoms with E-state index in [2.05, 4.69) is 17.2 Å². The van der Waals surface area contributed by atoms with Crippen molar-refractivity contribution < 1.29 is 33.4 Å². The van der Waals surface area contributed by atoms with Crippen molar-refractivity contribution in [3.8, 4) is 0 Å². The van der Waals surface area contributed by atoms with Crippen molar-refractivity contribution in [2.45, 2.75) is 45.1 Å². The van der Waals surface area contributed by atoms with E-state index in [4.69, 9.17) is 19.2 Å². The number of nitrogens with one attached hydrogen (secondary N) is 1. The average Bonchev–Trinajstić information content (AvgIpc) is 2.92. The van der Waals surface area contributed by atoms with Crippen molar-refractivity contribution in [3.05, 3.63) is 47.5 Å². The van der Waals surface area contributed by atoms with E-state index < -0.39 is 29.9 Å². The molecule has 196 valence electrons. The molecule has 0 saturated heterocycles. The Balaban J connectivity index is 2.15. The van der Waals surface area contributed by atoms with Crippen molar-refractivity contribution in [1.82, 2.24) is 15.3 Å². The smallest absolute Gasteiger partial charge is 0.340 e. The van der Waals surface area contributed by atoms with Crippen LogP contribution >= 0.6 is 0 Å². The van der Waals surface area contributed by atoms with E-state index in [9.17, 15) is 19.2 Å². The minimum atomic E-state index is -1.03. The number of aromatic nitrogens is 2. The first kappa shape index (κ1) is 27.5. The molecule has 0 aliphatic rings. The second-order valence-electron chi connectivity index (χ2n) is 8.49. The second-order valence-corrected chi connectivity index (χ2v) is 8.49. The van der Waals surface area contributed by atoms with Crippen LogP contribution in [0.3, 0.4) is 0 Å². The fourth-order valence-electron chi connectivity index (χ4n) is 4.25. The van der Waals surface area contributed by atoms with Crippen LogP contribution in [0.15, 0.2) is 36.4 Å². The number of carbonyl (C=O) groups is 4. The van der Waals surface area contributed by atoms with Crippen LogP contribution in [0, 0.1) is 5.92 Å². The van der Waals surface area contributed by atoms with Crippen molar-refractivity contribution in [2.75, 3.05) is 20.8 Å². The third-order valence-electron chi connectivity index (χ3n) is 6.06. The van der Waals surface area contributed by atoms with Crippen molar-refractivity contribution in [1.29, 1.82) is 0 Å². The van der Waals surface area contributed by atoms with Crippen LogP contribution in [0.1, 0.15) is 61.1 Å². The molecule has 1 N–H and O–H groups in total. The number of fused-ring (bicyclic) bond motifs is 2. The number of ether oxygens (including phenoxy) is 3. The highest BCUT2D eigenvalue weighted by Crippen LogP contribution is 2.35. The predicted molar refractivity (Wildman–Crippen MR) is 136 cm³/mol. The largest absolute Gasteiger partial charge is 0.469 e. The zero-order chi connectivity index (χ0) is 26.8. The summed E-state index contributed by atoms with van der Waals surface area (Å²) in [5.41, 5.74) is 2.41.